The molecule has 3 rings (SSSR count). The van der Waals surface area contributed by atoms with E-state index in [1.165, 1.54) is 0 Å². The molecule has 0 radical (unpaired) electrons. The van der Waals surface area contributed by atoms with Crippen LogP contribution in [0.5, 0.6) is 0 Å². The third kappa shape index (κ3) is 2.85. The number of H-pyrrole nitrogens is 1. The summed E-state index contributed by atoms with van der Waals surface area (Å²) >= 11 is 0. The van der Waals surface area contributed by atoms with Crippen molar-refractivity contribution in [1.82, 2.24) is 4.98 Å². The smallest absolute Gasteiger partial charge is 0.261 e. The quantitative estimate of drug-likeness (QED) is 0.705. The number of carbonyl (C=O) groups excluding carboxylic acids is 1. The van der Waals surface area contributed by atoms with Gasteiger partial charge in [-0.25, -0.2) is 17.6 Å². The zero-order chi connectivity index (χ0) is 17.4. The molecule has 0 spiro atoms. The topological polar surface area (TPSA) is 62.0 Å². The fraction of sp³-hybridized carbons (Fsp3) is 0. The van der Waals surface area contributed by atoms with Gasteiger partial charge in [0.25, 0.3) is 5.91 Å². The van der Waals surface area contributed by atoms with Crippen molar-refractivity contribution in [2.75, 3.05) is 5.32 Å². The molecule has 1 amide bonds. The lowest BCUT2D eigenvalue weighted by molar-refractivity contribution is 0.102. The van der Waals surface area contributed by atoms with Crippen LogP contribution in [-0.4, -0.2) is 10.9 Å². The van der Waals surface area contributed by atoms with Gasteiger partial charge in [0.2, 0.25) is 5.43 Å². The second-order valence-corrected chi connectivity index (χ2v) is 4.95. The molecule has 0 saturated heterocycles. The van der Waals surface area contributed by atoms with Crippen LogP contribution in [-0.2, 0) is 0 Å². The summed E-state index contributed by atoms with van der Waals surface area (Å²) in [6, 6.07) is 3.74. The first kappa shape index (κ1) is 15.7. The van der Waals surface area contributed by atoms with E-state index in [0.717, 1.165) is 24.4 Å². The van der Waals surface area contributed by atoms with Gasteiger partial charge in [-0.05, 0) is 18.2 Å². The van der Waals surface area contributed by atoms with Gasteiger partial charge in [-0.2, -0.15) is 0 Å². The number of aromatic nitrogens is 1. The highest BCUT2D eigenvalue weighted by molar-refractivity contribution is 6.05. The van der Waals surface area contributed by atoms with E-state index in [2.05, 4.69) is 10.3 Å². The number of aromatic amines is 1. The Morgan fingerprint density at radius 2 is 1.54 bits per heavy atom. The molecule has 8 heteroatoms. The van der Waals surface area contributed by atoms with E-state index in [1.807, 2.05) is 0 Å². The van der Waals surface area contributed by atoms with Crippen molar-refractivity contribution >= 4 is 22.5 Å². The average Bonchev–Trinajstić information content (AvgIpc) is 2.45. The van der Waals surface area contributed by atoms with Crippen molar-refractivity contribution in [2.24, 2.45) is 0 Å². The first-order valence-electron chi connectivity index (χ1n) is 6.63. The Morgan fingerprint density at radius 1 is 0.917 bits per heavy atom. The highest BCUT2D eigenvalue weighted by atomic mass is 19.1. The zero-order valence-corrected chi connectivity index (χ0v) is 11.8. The van der Waals surface area contributed by atoms with Crippen LogP contribution in [0.4, 0.5) is 23.2 Å². The molecule has 3 aromatic rings. The first-order chi connectivity index (χ1) is 11.3. The minimum atomic E-state index is -1.13. The molecular formula is C16H8F4N2O2. The number of pyridine rings is 1. The molecule has 0 bridgehead atoms. The molecule has 0 atom stereocenters. The number of benzene rings is 2. The molecule has 2 aromatic carbocycles. The van der Waals surface area contributed by atoms with E-state index in [9.17, 15) is 27.2 Å². The normalized spacial score (nSPS) is 10.8. The number of carbonyl (C=O) groups is 1. The number of nitrogens with one attached hydrogen (secondary N) is 2. The Hall–Kier alpha value is -3.16. The van der Waals surface area contributed by atoms with Crippen LogP contribution in [0, 0.1) is 23.3 Å². The van der Waals surface area contributed by atoms with Crippen molar-refractivity contribution in [3.8, 4) is 0 Å². The van der Waals surface area contributed by atoms with Crippen LogP contribution in [0.1, 0.15) is 10.4 Å². The molecule has 2 N–H and O–H groups in total. The molecule has 0 fully saturated rings. The van der Waals surface area contributed by atoms with Gasteiger partial charge in [0.1, 0.15) is 28.8 Å². The van der Waals surface area contributed by atoms with Crippen molar-refractivity contribution in [3.63, 3.8) is 0 Å². The van der Waals surface area contributed by atoms with Crippen LogP contribution >= 0.6 is 0 Å². The summed E-state index contributed by atoms with van der Waals surface area (Å²) in [6.45, 7) is 0. The van der Waals surface area contributed by atoms with Crippen molar-refractivity contribution in [2.45, 2.75) is 0 Å². The molecule has 24 heavy (non-hydrogen) atoms. The van der Waals surface area contributed by atoms with Crippen molar-refractivity contribution < 1.29 is 22.4 Å². The molecule has 122 valence electrons. The summed E-state index contributed by atoms with van der Waals surface area (Å²) in [5.41, 5.74) is -1.80. The SMILES string of the molecule is O=C(Nc1cc(F)cc(F)c1)c1c[nH]c2cc(F)cc(F)c2c1=O. The molecular weight excluding hydrogens is 328 g/mol. The van der Waals surface area contributed by atoms with E-state index in [1.54, 1.807) is 0 Å². The molecule has 4 nitrogen and oxygen atoms in total. The Bertz CT molecular complexity index is 1010. The van der Waals surface area contributed by atoms with E-state index in [4.69, 9.17) is 0 Å². The van der Waals surface area contributed by atoms with Crippen LogP contribution in [0.2, 0.25) is 0 Å². The average molecular weight is 336 g/mol. The van der Waals surface area contributed by atoms with E-state index in [-0.39, 0.29) is 11.2 Å². The van der Waals surface area contributed by atoms with Crippen molar-refractivity contribution in [3.05, 3.63) is 75.6 Å². The van der Waals surface area contributed by atoms with Gasteiger partial charge in [0, 0.05) is 24.0 Å². The molecule has 0 unspecified atom stereocenters. The Balaban J connectivity index is 2.04. The summed E-state index contributed by atoms with van der Waals surface area (Å²) < 4.78 is 53.2. The highest BCUT2D eigenvalue weighted by Crippen LogP contribution is 2.17. The number of anilines is 1. The van der Waals surface area contributed by atoms with Gasteiger partial charge < -0.3 is 10.3 Å². The summed E-state index contributed by atoms with van der Waals surface area (Å²) in [5, 5.41) is 1.65. The van der Waals surface area contributed by atoms with Crippen LogP contribution in [0.25, 0.3) is 10.9 Å². The Morgan fingerprint density at radius 3 is 2.21 bits per heavy atom. The minimum Gasteiger partial charge on any atom is -0.360 e. The Labute approximate surface area is 131 Å². The van der Waals surface area contributed by atoms with Crippen LogP contribution in [0.3, 0.4) is 0 Å². The number of amides is 1. The van der Waals surface area contributed by atoms with Gasteiger partial charge >= 0.3 is 0 Å². The summed E-state index contributed by atoms with van der Waals surface area (Å²) in [6.07, 6.45) is 0.967. The van der Waals surface area contributed by atoms with Crippen molar-refractivity contribution in [1.29, 1.82) is 0 Å². The van der Waals surface area contributed by atoms with Gasteiger partial charge in [0.05, 0.1) is 10.9 Å². The number of hydrogen-bond acceptors (Lipinski definition) is 2. The fourth-order valence-corrected chi connectivity index (χ4v) is 2.26. The predicted molar refractivity (Wildman–Crippen MR) is 78.8 cm³/mol. The highest BCUT2D eigenvalue weighted by Gasteiger charge is 2.17. The fourth-order valence-electron chi connectivity index (χ4n) is 2.26. The molecule has 1 aromatic heterocycles. The van der Waals surface area contributed by atoms with Gasteiger partial charge in [-0.15, -0.1) is 0 Å². The minimum absolute atomic E-state index is 0.120. The van der Waals surface area contributed by atoms with E-state index in [0.29, 0.717) is 12.1 Å². The van der Waals surface area contributed by atoms with Crippen LogP contribution in [0.15, 0.2) is 41.3 Å². The monoisotopic (exact) mass is 336 g/mol. The number of fused-ring (bicyclic) bond motifs is 1. The van der Waals surface area contributed by atoms with E-state index >= 15 is 0 Å². The summed E-state index contributed by atoms with van der Waals surface area (Å²) in [5.74, 6) is -4.84. The second-order valence-electron chi connectivity index (χ2n) is 4.95. The Kier molecular flexibility index (Phi) is 3.80. The largest absolute Gasteiger partial charge is 0.360 e. The van der Waals surface area contributed by atoms with Gasteiger partial charge in [0.15, 0.2) is 0 Å². The lowest BCUT2D eigenvalue weighted by Gasteiger charge is -2.07. The predicted octanol–water partition coefficient (Wildman–Crippen LogP) is 3.34. The first-order valence-corrected chi connectivity index (χ1v) is 6.63. The number of rotatable bonds is 2. The number of halogens is 4. The molecule has 0 saturated carbocycles. The third-order valence-electron chi connectivity index (χ3n) is 3.26. The third-order valence-corrected chi connectivity index (χ3v) is 3.26. The standard InChI is InChI=1S/C16H8F4N2O2/c17-7-1-8(18)3-10(2-7)22-16(24)11-6-21-13-5-9(19)4-12(20)14(13)15(11)23/h1-6H,(H,21,23)(H,22,24). The van der Waals surface area contributed by atoms with E-state index < -0.39 is 45.6 Å². The zero-order valence-electron chi connectivity index (χ0n) is 11.8. The maximum atomic E-state index is 13.8. The maximum absolute atomic E-state index is 13.8. The van der Waals surface area contributed by atoms with Gasteiger partial charge in [-0.3, -0.25) is 9.59 Å². The molecule has 0 aliphatic heterocycles. The lowest BCUT2D eigenvalue weighted by atomic mass is 10.1. The molecule has 0 aliphatic carbocycles. The van der Waals surface area contributed by atoms with Gasteiger partial charge in [-0.1, -0.05) is 0 Å². The molecule has 0 aliphatic rings. The number of hydrogen-bond donors (Lipinski definition) is 2. The summed E-state index contributed by atoms with van der Waals surface area (Å²) in [7, 11) is 0. The summed E-state index contributed by atoms with van der Waals surface area (Å²) in [4.78, 5) is 26.8. The lowest BCUT2D eigenvalue weighted by Crippen LogP contribution is -2.22. The molecule has 1 heterocycles. The van der Waals surface area contributed by atoms with Crippen LogP contribution < -0.4 is 10.7 Å². The maximum Gasteiger partial charge on any atom is 0.261 e. The second kappa shape index (κ2) is 5.80.